The van der Waals surface area contributed by atoms with E-state index >= 15 is 0 Å². The Morgan fingerprint density at radius 1 is 1.50 bits per heavy atom. The maximum absolute atomic E-state index is 9.64. The van der Waals surface area contributed by atoms with Gasteiger partial charge >= 0.3 is 0 Å². The molecule has 2 N–H and O–H groups in total. The molecular weight excluding hydrogens is 270 g/mol. The Bertz CT molecular complexity index is 376. The highest BCUT2D eigenvalue weighted by Gasteiger charge is 2.19. The largest absolute Gasteiger partial charge is 0.504 e. The minimum Gasteiger partial charge on any atom is -0.504 e. The molecular formula is C12H16BrNO2. The van der Waals surface area contributed by atoms with Crippen LogP contribution in [-0.4, -0.2) is 25.3 Å². The molecule has 3 nitrogen and oxygen atoms in total. The van der Waals surface area contributed by atoms with Crippen LogP contribution in [0.25, 0.3) is 0 Å². The highest BCUT2D eigenvalue weighted by atomic mass is 79.9. The van der Waals surface area contributed by atoms with E-state index in [1.165, 1.54) is 18.4 Å². The van der Waals surface area contributed by atoms with E-state index in [0.717, 1.165) is 17.6 Å². The molecule has 4 heteroatoms. The Morgan fingerprint density at radius 2 is 2.31 bits per heavy atom. The van der Waals surface area contributed by atoms with Gasteiger partial charge in [0.2, 0.25) is 0 Å². The molecule has 0 aromatic heterocycles. The van der Waals surface area contributed by atoms with Crippen molar-refractivity contribution in [3.8, 4) is 11.5 Å². The van der Waals surface area contributed by atoms with Crippen molar-refractivity contribution in [3.63, 3.8) is 0 Å². The molecule has 1 atom stereocenters. The second-order valence-electron chi connectivity index (χ2n) is 4.09. The zero-order chi connectivity index (χ0) is 11.5. The van der Waals surface area contributed by atoms with Crippen LogP contribution >= 0.6 is 15.9 Å². The predicted molar refractivity (Wildman–Crippen MR) is 67.2 cm³/mol. The summed E-state index contributed by atoms with van der Waals surface area (Å²) in [6, 6.07) is 3.64. The molecule has 88 valence electrons. The van der Waals surface area contributed by atoms with Crippen molar-refractivity contribution in [3.05, 3.63) is 22.2 Å². The normalized spacial score (nSPS) is 20.8. The third kappa shape index (κ3) is 2.33. The average Bonchev–Trinajstić information content (AvgIpc) is 2.30. The Morgan fingerprint density at radius 3 is 2.94 bits per heavy atom. The minimum atomic E-state index is 0.182. The lowest BCUT2D eigenvalue weighted by Crippen LogP contribution is -2.28. The summed E-state index contributed by atoms with van der Waals surface area (Å²) in [4.78, 5) is 0. The van der Waals surface area contributed by atoms with Crippen LogP contribution in [0.15, 0.2) is 16.6 Å². The first kappa shape index (κ1) is 11.7. The quantitative estimate of drug-likeness (QED) is 0.878. The summed E-state index contributed by atoms with van der Waals surface area (Å²) < 4.78 is 6.10. The highest BCUT2D eigenvalue weighted by molar-refractivity contribution is 9.10. The van der Waals surface area contributed by atoms with E-state index in [4.69, 9.17) is 4.74 Å². The van der Waals surface area contributed by atoms with Crippen LogP contribution in [0.1, 0.15) is 24.3 Å². The van der Waals surface area contributed by atoms with Gasteiger partial charge in [-0.05, 0) is 43.0 Å². The summed E-state index contributed by atoms with van der Waals surface area (Å²) >= 11 is 3.50. The molecule has 0 bridgehead atoms. The van der Waals surface area contributed by atoms with Gasteiger partial charge in [-0.3, -0.25) is 0 Å². The topological polar surface area (TPSA) is 41.5 Å². The van der Waals surface area contributed by atoms with Gasteiger partial charge < -0.3 is 15.2 Å². The van der Waals surface area contributed by atoms with Gasteiger partial charge in [0.05, 0.1) is 7.11 Å². The molecule has 1 saturated heterocycles. The fraction of sp³-hybridized carbons (Fsp3) is 0.500. The summed E-state index contributed by atoms with van der Waals surface area (Å²) in [5.41, 5.74) is 1.21. The van der Waals surface area contributed by atoms with E-state index in [2.05, 4.69) is 21.2 Å². The molecule has 2 rings (SSSR count). The van der Waals surface area contributed by atoms with Crippen molar-refractivity contribution in [2.45, 2.75) is 18.8 Å². The van der Waals surface area contributed by atoms with Crippen LogP contribution in [0, 0.1) is 0 Å². The number of hydrogen-bond acceptors (Lipinski definition) is 3. The molecule has 1 fully saturated rings. The summed E-state index contributed by atoms with van der Waals surface area (Å²) in [5, 5.41) is 13.0. The SMILES string of the molecule is COc1cc(C2CCCNC2)c(Br)cc1O. The fourth-order valence-electron chi connectivity index (χ4n) is 2.15. The molecule has 0 amide bonds. The molecule has 1 aromatic rings. The van der Waals surface area contributed by atoms with Gasteiger partial charge in [-0.15, -0.1) is 0 Å². The highest BCUT2D eigenvalue weighted by Crippen LogP contribution is 2.37. The molecule has 0 aliphatic carbocycles. The second kappa shape index (κ2) is 5.06. The van der Waals surface area contributed by atoms with Crippen LogP contribution in [0.2, 0.25) is 0 Å². The summed E-state index contributed by atoms with van der Waals surface area (Å²) in [6.45, 7) is 2.09. The first-order chi connectivity index (χ1) is 7.72. The molecule has 1 heterocycles. The molecule has 0 radical (unpaired) electrons. The molecule has 0 saturated carbocycles. The average molecular weight is 286 g/mol. The van der Waals surface area contributed by atoms with E-state index in [-0.39, 0.29) is 5.75 Å². The lowest BCUT2D eigenvalue weighted by Gasteiger charge is -2.24. The smallest absolute Gasteiger partial charge is 0.160 e. The Labute approximate surface area is 104 Å². The summed E-state index contributed by atoms with van der Waals surface area (Å²) in [5.74, 6) is 1.23. The second-order valence-corrected chi connectivity index (χ2v) is 4.94. The van der Waals surface area contributed by atoms with Crippen LogP contribution in [0.5, 0.6) is 11.5 Å². The van der Waals surface area contributed by atoms with Gasteiger partial charge in [-0.25, -0.2) is 0 Å². The van der Waals surface area contributed by atoms with Crippen LogP contribution < -0.4 is 10.1 Å². The lowest BCUT2D eigenvalue weighted by molar-refractivity contribution is 0.371. The first-order valence-electron chi connectivity index (χ1n) is 5.49. The van der Waals surface area contributed by atoms with Crippen molar-refractivity contribution >= 4 is 15.9 Å². The zero-order valence-electron chi connectivity index (χ0n) is 9.29. The van der Waals surface area contributed by atoms with E-state index < -0.39 is 0 Å². The van der Waals surface area contributed by atoms with Crippen LogP contribution in [0.3, 0.4) is 0 Å². The van der Waals surface area contributed by atoms with Gasteiger partial charge in [0.25, 0.3) is 0 Å². The minimum absolute atomic E-state index is 0.182. The Hall–Kier alpha value is -0.740. The number of phenolic OH excluding ortho intramolecular Hbond substituents is 1. The summed E-state index contributed by atoms with van der Waals surface area (Å²) in [7, 11) is 1.58. The van der Waals surface area contributed by atoms with Gasteiger partial charge in [0.15, 0.2) is 11.5 Å². The molecule has 1 aromatic carbocycles. The standard InChI is InChI=1S/C12H16BrNO2/c1-16-12-5-9(10(13)6-11(12)15)8-3-2-4-14-7-8/h5-6,8,14-15H,2-4,7H2,1H3. The van der Waals surface area contributed by atoms with Crippen molar-refractivity contribution in [2.24, 2.45) is 0 Å². The first-order valence-corrected chi connectivity index (χ1v) is 6.28. The maximum Gasteiger partial charge on any atom is 0.160 e. The maximum atomic E-state index is 9.64. The Balaban J connectivity index is 2.31. The van der Waals surface area contributed by atoms with Gasteiger partial charge in [0, 0.05) is 11.0 Å². The van der Waals surface area contributed by atoms with Gasteiger partial charge in [-0.2, -0.15) is 0 Å². The molecule has 1 aliphatic heterocycles. The Kier molecular flexibility index (Phi) is 3.71. The van der Waals surface area contributed by atoms with Crippen molar-refractivity contribution in [1.29, 1.82) is 0 Å². The van der Waals surface area contributed by atoms with Crippen molar-refractivity contribution in [1.82, 2.24) is 5.32 Å². The van der Waals surface area contributed by atoms with Crippen molar-refractivity contribution in [2.75, 3.05) is 20.2 Å². The molecule has 1 unspecified atom stereocenters. The number of rotatable bonds is 2. The van der Waals surface area contributed by atoms with E-state index in [1.807, 2.05) is 6.07 Å². The monoisotopic (exact) mass is 285 g/mol. The number of phenols is 1. The predicted octanol–water partition coefficient (Wildman–Crippen LogP) is 2.63. The lowest BCUT2D eigenvalue weighted by atomic mass is 9.91. The number of aromatic hydroxyl groups is 1. The van der Waals surface area contributed by atoms with Crippen LogP contribution in [-0.2, 0) is 0 Å². The zero-order valence-corrected chi connectivity index (χ0v) is 10.9. The summed E-state index contributed by atoms with van der Waals surface area (Å²) in [6.07, 6.45) is 2.37. The van der Waals surface area contributed by atoms with E-state index in [0.29, 0.717) is 11.7 Å². The van der Waals surface area contributed by atoms with Crippen molar-refractivity contribution < 1.29 is 9.84 Å². The number of ether oxygens (including phenoxy) is 1. The number of nitrogens with one attached hydrogen (secondary N) is 1. The number of hydrogen-bond donors (Lipinski definition) is 2. The van der Waals surface area contributed by atoms with Gasteiger partial charge in [0.1, 0.15) is 0 Å². The number of halogens is 1. The number of piperidine rings is 1. The van der Waals surface area contributed by atoms with E-state index in [9.17, 15) is 5.11 Å². The third-order valence-electron chi connectivity index (χ3n) is 3.03. The number of methoxy groups -OCH3 is 1. The van der Waals surface area contributed by atoms with Gasteiger partial charge in [-0.1, -0.05) is 15.9 Å². The van der Waals surface area contributed by atoms with E-state index in [1.54, 1.807) is 13.2 Å². The fourth-order valence-corrected chi connectivity index (χ4v) is 2.81. The molecule has 1 aliphatic rings. The van der Waals surface area contributed by atoms with Crippen LogP contribution in [0.4, 0.5) is 0 Å². The number of benzene rings is 1. The third-order valence-corrected chi connectivity index (χ3v) is 3.72. The molecule has 0 spiro atoms. The molecule has 16 heavy (non-hydrogen) atoms.